The highest BCUT2D eigenvalue weighted by Gasteiger charge is 2.20. The molecular formula is C30H22N2O. The summed E-state index contributed by atoms with van der Waals surface area (Å²) in [7, 11) is 0. The SMILES string of the molecule is c1ccc(Nc2cc(N(c3ccccc3)c3ccccc3)c3c(c2)oc2ccccc23)cc1. The molecule has 0 spiro atoms. The maximum atomic E-state index is 6.33. The molecule has 6 aromatic rings. The van der Waals surface area contributed by atoms with Gasteiger partial charge in [0.05, 0.1) is 11.1 Å². The van der Waals surface area contributed by atoms with E-state index in [1.807, 2.05) is 42.5 Å². The first-order valence-electron chi connectivity index (χ1n) is 11.0. The molecular weight excluding hydrogens is 404 g/mol. The summed E-state index contributed by atoms with van der Waals surface area (Å²) in [5.41, 5.74) is 6.98. The zero-order valence-corrected chi connectivity index (χ0v) is 18.0. The van der Waals surface area contributed by atoms with Gasteiger partial charge in [0.2, 0.25) is 0 Å². The van der Waals surface area contributed by atoms with E-state index in [-0.39, 0.29) is 0 Å². The van der Waals surface area contributed by atoms with Crippen LogP contribution in [-0.2, 0) is 0 Å². The Kier molecular flexibility index (Phi) is 4.78. The van der Waals surface area contributed by atoms with Crippen LogP contribution in [0.4, 0.5) is 28.4 Å². The molecule has 0 aliphatic rings. The molecule has 0 aliphatic carbocycles. The van der Waals surface area contributed by atoms with Gasteiger partial charge in [-0.25, -0.2) is 0 Å². The van der Waals surface area contributed by atoms with Crippen molar-refractivity contribution in [2.75, 3.05) is 10.2 Å². The number of fused-ring (bicyclic) bond motifs is 3. The van der Waals surface area contributed by atoms with Crippen molar-refractivity contribution >= 4 is 50.4 Å². The highest BCUT2D eigenvalue weighted by Crippen LogP contribution is 2.44. The second-order valence-corrected chi connectivity index (χ2v) is 7.96. The molecule has 0 saturated heterocycles. The molecule has 158 valence electrons. The van der Waals surface area contributed by atoms with Gasteiger partial charge in [0, 0.05) is 34.2 Å². The summed E-state index contributed by atoms with van der Waals surface area (Å²) in [6, 6.07) is 43.7. The normalized spacial score (nSPS) is 11.0. The van der Waals surface area contributed by atoms with Crippen LogP contribution < -0.4 is 10.2 Å². The Morgan fingerprint density at radius 1 is 0.515 bits per heavy atom. The number of anilines is 5. The first-order chi connectivity index (χ1) is 16.4. The molecule has 0 aliphatic heterocycles. The van der Waals surface area contributed by atoms with Gasteiger partial charge in [0.15, 0.2) is 0 Å². The van der Waals surface area contributed by atoms with Crippen molar-refractivity contribution in [3.63, 3.8) is 0 Å². The Hall–Kier alpha value is -4.50. The fourth-order valence-electron chi connectivity index (χ4n) is 4.35. The van der Waals surface area contributed by atoms with Gasteiger partial charge >= 0.3 is 0 Å². The Morgan fingerprint density at radius 3 is 1.76 bits per heavy atom. The summed E-state index contributed by atoms with van der Waals surface area (Å²) in [5.74, 6) is 0. The van der Waals surface area contributed by atoms with Gasteiger partial charge in [-0.1, -0.05) is 72.8 Å². The summed E-state index contributed by atoms with van der Waals surface area (Å²) < 4.78 is 6.33. The van der Waals surface area contributed by atoms with Gasteiger partial charge in [-0.3, -0.25) is 0 Å². The quantitative estimate of drug-likeness (QED) is 0.298. The third-order valence-electron chi connectivity index (χ3n) is 5.79. The Bertz CT molecular complexity index is 1480. The van der Waals surface area contributed by atoms with Crippen LogP contribution in [0.3, 0.4) is 0 Å². The smallest absolute Gasteiger partial charge is 0.139 e. The van der Waals surface area contributed by atoms with E-state index in [9.17, 15) is 0 Å². The highest BCUT2D eigenvalue weighted by molar-refractivity contribution is 6.14. The van der Waals surface area contributed by atoms with Crippen molar-refractivity contribution < 1.29 is 4.42 Å². The largest absolute Gasteiger partial charge is 0.456 e. The number of para-hydroxylation sites is 4. The lowest BCUT2D eigenvalue weighted by atomic mass is 10.1. The molecule has 3 heteroatoms. The fourth-order valence-corrected chi connectivity index (χ4v) is 4.35. The van der Waals surface area contributed by atoms with Crippen molar-refractivity contribution in [3.8, 4) is 0 Å². The minimum Gasteiger partial charge on any atom is -0.456 e. The predicted molar refractivity (Wildman–Crippen MR) is 138 cm³/mol. The Labute approximate surface area is 192 Å². The van der Waals surface area contributed by atoms with Crippen LogP contribution in [-0.4, -0.2) is 0 Å². The Morgan fingerprint density at radius 2 is 1.09 bits per heavy atom. The minimum atomic E-state index is 0.851. The van der Waals surface area contributed by atoms with E-state index in [4.69, 9.17) is 4.42 Å². The zero-order valence-electron chi connectivity index (χ0n) is 18.0. The molecule has 33 heavy (non-hydrogen) atoms. The molecule has 0 radical (unpaired) electrons. The van der Waals surface area contributed by atoms with E-state index in [1.54, 1.807) is 0 Å². The van der Waals surface area contributed by atoms with E-state index in [1.165, 1.54) is 0 Å². The molecule has 0 bridgehead atoms. The second-order valence-electron chi connectivity index (χ2n) is 7.96. The van der Waals surface area contributed by atoms with Gasteiger partial charge in [0.25, 0.3) is 0 Å². The van der Waals surface area contributed by atoms with Crippen LogP contribution in [0.15, 0.2) is 132 Å². The third kappa shape index (κ3) is 3.60. The molecule has 3 nitrogen and oxygen atoms in total. The van der Waals surface area contributed by atoms with Crippen LogP contribution in [0.5, 0.6) is 0 Å². The number of rotatable bonds is 5. The molecule has 0 atom stereocenters. The Balaban J connectivity index is 1.64. The van der Waals surface area contributed by atoms with E-state index in [0.29, 0.717) is 0 Å². The van der Waals surface area contributed by atoms with Crippen LogP contribution in [0, 0.1) is 0 Å². The summed E-state index contributed by atoms with van der Waals surface area (Å²) in [6.45, 7) is 0. The molecule has 5 aromatic carbocycles. The first kappa shape index (κ1) is 19.2. The zero-order chi connectivity index (χ0) is 22.0. The average molecular weight is 427 g/mol. The molecule has 0 unspecified atom stereocenters. The van der Waals surface area contributed by atoms with E-state index < -0.39 is 0 Å². The van der Waals surface area contributed by atoms with E-state index in [2.05, 4.69) is 95.1 Å². The van der Waals surface area contributed by atoms with Crippen LogP contribution in [0.25, 0.3) is 21.9 Å². The van der Waals surface area contributed by atoms with Gasteiger partial charge in [-0.15, -0.1) is 0 Å². The molecule has 1 heterocycles. The molecule has 0 amide bonds. The van der Waals surface area contributed by atoms with Crippen molar-refractivity contribution in [1.29, 1.82) is 0 Å². The summed E-state index contributed by atoms with van der Waals surface area (Å²) in [6.07, 6.45) is 0. The van der Waals surface area contributed by atoms with Gasteiger partial charge in [-0.05, 0) is 48.5 Å². The number of hydrogen-bond acceptors (Lipinski definition) is 3. The molecule has 0 saturated carbocycles. The van der Waals surface area contributed by atoms with Gasteiger partial charge in [-0.2, -0.15) is 0 Å². The van der Waals surface area contributed by atoms with Crippen LogP contribution in [0.2, 0.25) is 0 Å². The number of nitrogens with zero attached hydrogens (tertiary/aromatic N) is 1. The number of furan rings is 1. The topological polar surface area (TPSA) is 28.4 Å². The van der Waals surface area contributed by atoms with Crippen LogP contribution >= 0.6 is 0 Å². The maximum Gasteiger partial charge on any atom is 0.139 e. The predicted octanol–water partition coefficient (Wildman–Crippen LogP) is 8.80. The third-order valence-corrected chi connectivity index (χ3v) is 5.79. The monoisotopic (exact) mass is 426 g/mol. The standard InChI is InChI=1S/C30H22N2O/c1-4-12-22(13-5-1)31-23-20-27(30-26-18-10-11-19-28(26)33-29(30)21-23)32(24-14-6-2-7-15-24)25-16-8-3-9-17-25/h1-21,31H. The highest BCUT2D eigenvalue weighted by atomic mass is 16.3. The maximum absolute atomic E-state index is 6.33. The molecule has 6 rings (SSSR count). The number of benzene rings is 5. The van der Waals surface area contributed by atoms with Crippen molar-refractivity contribution in [2.24, 2.45) is 0 Å². The van der Waals surface area contributed by atoms with Gasteiger partial charge in [0.1, 0.15) is 11.2 Å². The lowest BCUT2D eigenvalue weighted by Crippen LogP contribution is -2.10. The number of hydrogen-bond donors (Lipinski definition) is 1. The fraction of sp³-hybridized carbons (Fsp3) is 0. The van der Waals surface area contributed by atoms with Crippen LogP contribution in [0.1, 0.15) is 0 Å². The number of nitrogens with one attached hydrogen (secondary N) is 1. The first-order valence-corrected chi connectivity index (χ1v) is 11.0. The van der Waals surface area contributed by atoms with E-state index >= 15 is 0 Å². The molecule has 0 fully saturated rings. The van der Waals surface area contributed by atoms with Crippen molar-refractivity contribution in [3.05, 3.63) is 127 Å². The van der Waals surface area contributed by atoms with Gasteiger partial charge < -0.3 is 14.6 Å². The summed E-state index contributed by atoms with van der Waals surface area (Å²) in [5, 5.41) is 5.75. The second kappa shape index (κ2) is 8.21. The summed E-state index contributed by atoms with van der Waals surface area (Å²) >= 11 is 0. The van der Waals surface area contributed by atoms with Crippen molar-refractivity contribution in [1.82, 2.24) is 0 Å². The lowest BCUT2D eigenvalue weighted by Gasteiger charge is -2.26. The molecule has 1 aromatic heterocycles. The lowest BCUT2D eigenvalue weighted by molar-refractivity contribution is 0.669. The minimum absolute atomic E-state index is 0.851. The molecule has 1 N–H and O–H groups in total. The average Bonchev–Trinajstić information content (AvgIpc) is 3.25. The van der Waals surface area contributed by atoms with E-state index in [0.717, 1.165) is 50.4 Å². The van der Waals surface area contributed by atoms with Crippen molar-refractivity contribution in [2.45, 2.75) is 0 Å². The summed E-state index contributed by atoms with van der Waals surface area (Å²) in [4.78, 5) is 2.29.